The summed E-state index contributed by atoms with van der Waals surface area (Å²) < 4.78 is 5.77. The van der Waals surface area contributed by atoms with Gasteiger partial charge in [-0.25, -0.2) is 0 Å². The van der Waals surface area contributed by atoms with Crippen LogP contribution in [0.15, 0.2) is 36.5 Å². The van der Waals surface area contributed by atoms with Crippen LogP contribution in [-0.2, 0) is 0 Å². The van der Waals surface area contributed by atoms with E-state index in [1.54, 1.807) is 12.3 Å². The number of pyridine rings is 1. The van der Waals surface area contributed by atoms with Gasteiger partial charge in [0.2, 0.25) is 0 Å². The van der Waals surface area contributed by atoms with E-state index in [1.807, 2.05) is 24.3 Å². The average molecular weight is 346 g/mol. The molecule has 2 aromatic rings. The minimum absolute atomic E-state index is 0.559. The first-order chi connectivity index (χ1) is 11.7. The fourth-order valence-electron chi connectivity index (χ4n) is 2.49. The second-order valence-electron chi connectivity index (χ2n) is 5.86. The summed E-state index contributed by atoms with van der Waals surface area (Å²) in [6.07, 6.45) is 9.75. The third-order valence-corrected chi connectivity index (χ3v) is 4.20. The number of hydrogen-bond acceptors (Lipinski definition) is 3. The average Bonchev–Trinajstić information content (AvgIpc) is 2.62. The summed E-state index contributed by atoms with van der Waals surface area (Å²) in [5.41, 5.74) is 2.25. The Balaban J connectivity index is 1.86. The first kappa shape index (κ1) is 18.5. The maximum absolute atomic E-state index is 10.7. The van der Waals surface area contributed by atoms with Crippen LogP contribution in [0.1, 0.15) is 55.8 Å². The summed E-state index contributed by atoms with van der Waals surface area (Å²) in [6, 6.07) is 9.22. The predicted molar refractivity (Wildman–Crippen MR) is 98.9 cm³/mol. The van der Waals surface area contributed by atoms with E-state index in [2.05, 4.69) is 11.9 Å². The number of rotatable bonds is 10. The highest BCUT2D eigenvalue weighted by Crippen LogP contribution is 2.29. The quantitative estimate of drug-likeness (QED) is 0.394. The Morgan fingerprint density at radius 2 is 1.88 bits per heavy atom. The Morgan fingerprint density at radius 1 is 1.08 bits per heavy atom. The second-order valence-corrected chi connectivity index (χ2v) is 6.26. The summed E-state index contributed by atoms with van der Waals surface area (Å²) in [5, 5.41) is 0.583. The van der Waals surface area contributed by atoms with Crippen LogP contribution in [-0.4, -0.2) is 17.9 Å². The van der Waals surface area contributed by atoms with Gasteiger partial charge in [-0.15, -0.1) is 0 Å². The molecule has 0 aliphatic rings. The van der Waals surface area contributed by atoms with Gasteiger partial charge in [0.15, 0.2) is 6.29 Å². The number of benzene rings is 1. The van der Waals surface area contributed by atoms with E-state index in [9.17, 15) is 4.79 Å². The first-order valence-corrected chi connectivity index (χ1v) is 8.96. The Kier molecular flexibility index (Phi) is 7.76. The molecule has 4 heteroatoms. The number of ether oxygens (including phenoxy) is 1. The number of carbonyl (C=O) groups excluding carboxylic acids is 1. The summed E-state index contributed by atoms with van der Waals surface area (Å²) in [6.45, 7) is 2.92. The van der Waals surface area contributed by atoms with Gasteiger partial charge in [0.1, 0.15) is 5.75 Å². The fourth-order valence-corrected chi connectivity index (χ4v) is 2.72. The molecule has 1 aromatic heterocycles. The molecule has 3 nitrogen and oxygen atoms in total. The molecule has 1 heterocycles. The van der Waals surface area contributed by atoms with Crippen molar-refractivity contribution < 1.29 is 9.53 Å². The predicted octanol–water partition coefficient (Wildman–Crippen LogP) is 5.95. The summed E-state index contributed by atoms with van der Waals surface area (Å²) in [5.74, 6) is 0.707. The third kappa shape index (κ3) is 5.64. The van der Waals surface area contributed by atoms with Gasteiger partial charge in [-0.3, -0.25) is 9.78 Å². The molecular weight excluding hydrogens is 322 g/mol. The third-order valence-electron chi connectivity index (χ3n) is 3.91. The number of aromatic nitrogens is 1. The lowest BCUT2D eigenvalue weighted by Crippen LogP contribution is -1.98. The molecule has 24 heavy (non-hydrogen) atoms. The smallest absolute Gasteiger partial charge is 0.151 e. The van der Waals surface area contributed by atoms with Crippen LogP contribution in [0.25, 0.3) is 11.3 Å². The highest BCUT2D eigenvalue weighted by molar-refractivity contribution is 6.32. The number of hydrogen-bond donors (Lipinski definition) is 0. The lowest BCUT2D eigenvalue weighted by atomic mass is 10.1. The van der Waals surface area contributed by atoms with Gasteiger partial charge in [0.05, 0.1) is 17.3 Å². The van der Waals surface area contributed by atoms with Crippen LogP contribution in [0, 0.1) is 0 Å². The zero-order chi connectivity index (χ0) is 17.2. The molecular formula is C20H24ClNO2. The van der Waals surface area contributed by atoms with E-state index >= 15 is 0 Å². The highest BCUT2D eigenvalue weighted by Gasteiger charge is 2.06. The highest BCUT2D eigenvalue weighted by atomic mass is 35.5. The standard InChI is InChI=1S/C20H24ClNO2/c1-2-3-4-5-6-7-12-24-20-11-9-17(13-18(20)21)19-10-8-16(15-23)14-22-19/h8-11,13-15H,2-7,12H2,1H3. The lowest BCUT2D eigenvalue weighted by molar-refractivity contribution is 0.112. The number of carbonyl (C=O) groups is 1. The van der Waals surface area contributed by atoms with Crippen LogP contribution in [0.4, 0.5) is 0 Å². The van der Waals surface area contributed by atoms with Gasteiger partial charge < -0.3 is 4.74 Å². The van der Waals surface area contributed by atoms with E-state index in [0.29, 0.717) is 22.9 Å². The number of nitrogens with zero attached hydrogens (tertiary/aromatic N) is 1. The number of unbranched alkanes of at least 4 members (excludes halogenated alkanes) is 5. The van der Waals surface area contributed by atoms with Crippen molar-refractivity contribution in [3.05, 3.63) is 47.1 Å². The molecule has 0 amide bonds. The van der Waals surface area contributed by atoms with Gasteiger partial charge >= 0.3 is 0 Å². The van der Waals surface area contributed by atoms with Gasteiger partial charge in [-0.1, -0.05) is 50.6 Å². The molecule has 0 aliphatic heterocycles. The lowest BCUT2D eigenvalue weighted by Gasteiger charge is -2.09. The van der Waals surface area contributed by atoms with Crippen LogP contribution < -0.4 is 4.74 Å². The molecule has 2 rings (SSSR count). The van der Waals surface area contributed by atoms with Gasteiger partial charge in [-0.05, 0) is 36.8 Å². The molecule has 0 aliphatic carbocycles. The molecule has 0 saturated carbocycles. The zero-order valence-electron chi connectivity index (χ0n) is 14.1. The van der Waals surface area contributed by atoms with Crippen molar-refractivity contribution in [2.45, 2.75) is 45.4 Å². The molecule has 1 aromatic carbocycles. The van der Waals surface area contributed by atoms with Crippen molar-refractivity contribution in [3.8, 4) is 17.0 Å². The number of halogens is 1. The van der Waals surface area contributed by atoms with Gasteiger partial charge in [-0.2, -0.15) is 0 Å². The van der Waals surface area contributed by atoms with Crippen LogP contribution in [0.5, 0.6) is 5.75 Å². The molecule has 128 valence electrons. The van der Waals surface area contributed by atoms with Crippen molar-refractivity contribution in [2.75, 3.05) is 6.61 Å². The minimum atomic E-state index is 0.559. The maximum atomic E-state index is 10.7. The Labute approximate surface area is 149 Å². The van der Waals surface area contributed by atoms with Gasteiger partial charge in [0.25, 0.3) is 0 Å². The summed E-state index contributed by atoms with van der Waals surface area (Å²) in [7, 11) is 0. The Bertz CT molecular complexity index is 641. The normalized spacial score (nSPS) is 10.6. The zero-order valence-corrected chi connectivity index (χ0v) is 14.9. The van der Waals surface area contributed by atoms with E-state index in [-0.39, 0.29) is 0 Å². The van der Waals surface area contributed by atoms with E-state index in [1.165, 1.54) is 32.1 Å². The Morgan fingerprint density at radius 3 is 2.54 bits per heavy atom. The largest absolute Gasteiger partial charge is 0.492 e. The Hall–Kier alpha value is -1.87. The minimum Gasteiger partial charge on any atom is -0.492 e. The molecule has 0 fully saturated rings. The van der Waals surface area contributed by atoms with E-state index in [0.717, 1.165) is 24.0 Å². The molecule has 0 spiro atoms. The molecule has 0 radical (unpaired) electrons. The fraction of sp³-hybridized carbons (Fsp3) is 0.400. The van der Waals surface area contributed by atoms with E-state index < -0.39 is 0 Å². The van der Waals surface area contributed by atoms with Crippen molar-refractivity contribution in [1.29, 1.82) is 0 Å². The summed E-state index contributed by atoms with van der Waals surface area (Å²) >= 11 is 6.31. The van der Waals surface area contributed by atoms with Crippen molar-refractivity contribution in [1.82, 2.24) is 4.98 Å². The van der Waals surface area contributed by atoms with Crippen LogP contribution >= 0.6 is 11.6 Å². The topological polar surface area (TPSA) is 39.2 Å². The maximum Gasteiger partial charge on any atom is 0.151 e. The molecule has 0 bridgehead atoms. The summed E-state index contributed by atoms with van der Waals surface area (Å²) in [4.78, 5) is 14.9. The van der Waals surface area contributed by atoms with E-state index in [4.69, 9.17) is 16.3 Å². The SMILES string of the molecule is CCCCCCCCOc1ccc(-c2ccc(C=O)cn2)cc1Cl. The van der Waals surface area contributed by atoms with Gasteiger partial charge in [0, 0.05) is 17.3 Å². The molecule has 0 N–H and O–H groups in total. The first-order valence-electron chi connectivity index (χ1n) is 8.58. The van der Waals surface area contributed by atoms with Crippen molar-refractivity contribution in [2.24, 2.45) is 0 Å². The molecule has 0 atom stereocenters. The number of aldehydes is 1. The van der Waals surface area contributed by atoms with Crippen LogP contribution in [0.3, 0.4) is 0 Å². The van der Waals surface area contributed by atoms with Crippen molar-refractivity contribution in [3.63, 3.8) is 0 Å². The molecule has 0 saturated heterocycles. The van der Waals surface area contributed by atoms with Crippen molar-refractivity contribution >= 4 is 17.9 Å². The monoisotopic (exact) mass is 345 g/mol. The second kappa shape index (κ2) is 10.1. The molecule has 0 unspecified atom stereocenters. The van der Waals surface area contributed by atoms with Crippen LogP contribution in [0.2, 0.25) is 5.02 Å².